The van der Waals surface area contributed by atoms with Crippen molar-refractivity contribution >= 4 is 32.9 Å². The minimum absolute atomic E-state index is 0.00234. The summed E-state index contributed by atoms with van der Waals surface area (Å²) in [5.74, 6) is -0.855. The van der Waals surface area contributed by atoms with E-state index in [2.05, 4.69) is 25.9 Å². The van der Waals surface area contributed by atoms with E-state index in [0.29, 0.717) is 0 Å². The molecule has 1 aromatic carbocycles. The van der Waals surface area contributed by atoms with Crippen LogP contribution in [-0.4, -0.2) is 24.9 Å². The Morgan fingerprint density at radius 2 is 1.92 bits per heavy atom. The van der Waals surface area contributed by atoms with Crippen LogP contribution < -0.4 is 11.2 Å². The van der Waals surface area contributed by atoms with Gasteiger partial charge in [-0.2, -0.15) is 13.2 Å². The van der Waals surface area contributed by atoms with Crippen LogP contribution in [0.5, 0.6) is 0 Å². The van der Waals surface area contributed by atoms with Crippen LogP contribution in [0, 0.1) is 0 Å². The third-order valence-electron chi connectivity index (χ3n) is 3.80. The second kappa shape index (κ2) is 6.24. The van der Waals surface area contributed by atoms with Gasteiger partial charge in [-0.25, -0.2) is 9.78 Å². The number of Topliss-reactive ketones (excluding diaryl/α,β-unsaturated/α-hetero) is 1. The summed E-state index contributed by atoms with van der Waals surface area (Å²) in [6, 6.07) is 4.38. The van der Waals surface area contributed by atoms with Gasteiger partial charge in [0.2, 0.25) is 0 Å². The standard InChI is InChI=1S/C15H10BrF3N4O3/c1-22-11-10(12(25)21-14(22)26)23(13(16)20-11)6-9(24)7-4-2-3-5-8(7)15(17,18)19/h2-5H,6H2,1H3,(H,21,25,26). The van der Waals surface area contributed by atoms with Gasteiger partial charge in [-0.1, -0.05) is 18.2 Å². The molecule has 7 nitrogen and oxygen atoms in total. The topological polar surface area (TPSA) is 89.8 Å². The van der Waals surface area contributed by atoms with Gasteiger partial charge in [0, 0.05) is 12.6 Å². The van der Waals surface area contributed by atoms with Gasteiger partial charge in [-0.15, -0.1) is 0 Å². The minimum atomic E-state index is -4.69. The molecule has 0 radical (unpaired) electrons. The number of hydrogen-bond acceptors (Lipinski definition) is 4. The zero-order valence-electron chi connectivity index (χ0n) is 13.1. The van der Waals surface area contributed by atoms with Gasteiger partial charge >= 0.3 is 11.9 Å². The molecule has 0 unspecified atom stereocenters. The number of nitrogens with zero attached hydrogens (tertiary/aromatic N) is 3. The molecule has 1 N–H and O–H groups in total. The second-order valence-electron chi connectivity index (χ2n) is 5.42. The summed E-state index contributed by atoms with van der Waals surface area (Å²) in [6.07, 6.45) is -4.69. The van der Waals surface area contributed by atoms with Gasteiger partial charge in [0.25, 0.3) is 5.56 Å². The van der Waals surface area contributed by atoms with Crippen molar-refractivity contribution in [1.29, 1.82) is 0 Å². The molecule has 2 heterocycles. The zero-order valence-corrected chi connectivity index (χ0v) is 14.7. The Morgan fingerprint density at radius 1 is 1.27 bits per heavy atom. The summed E-state index contributed by atoms with van der Waals surface area (Å²) in [4.78, 5) is 42.3. The molecular weight excluding hydrogens is 421 g/mol. The molecule has 0 spiro atoms. The summed E-state index contributed by atoms with van der Waals surface area (Å²) >= 11 is 3.07. The molecule has 0 amide bonds. The fourth-order valence-corrected chi connectivity index (χ4v) is 3.03. The molecule has 0 aliphatic carbocycles. The Morgan fingerprint density at radius 3 is 2.58 bits per heavy atom. The van der Waals surface area contributed by atoms with E-state index in [1.165, 1.54) is 19.2 Å². The van der Waals surface area contributed by atoms with Crippen molar-refractivity contribution in [3.05, 3.63) is 61.0 Å². The molecule has 0 saturated heterocycles. The minimum Gasteiger partial charge on any atom is -0.305 e. The molecule has 0 saturated carbocycles. The third-order valence-corrected chi connectivity index (χ3v) is 4.40. The zero-order chi connectivity index (χ0) is 19.2. The first-order chi connectivity index (χ1) is 12.1. The lowest BCUT2D eigenvalue weighted by molar-refractivity contribution is -0.137. The highest BCUT2D eigenvalue weighted by molar-refractivity contribution is 9.10. The highest BCUT2D eigenvalue weighted by Gasteiger charge is 2.35. The van der Waals surface area contributed by atoms with Crippen molar-refractivity contribution in [3.8, 4) is 0 Å². The molecular formula is C15H10BrF3N4O3. The number of aromatic amines is 1. The Bertz CT molecular complexity index is 1140. The fourth-order valence-electron chi connectivity index (χ4n) is 2.55. The van der Waals surface area contributed by atoms with Gasteiger partial charge in [-0.3, -0.25) is 19.1 Å². The number of nitrogens with one attached hydrogen (secondary N) is 1. The number of aromatic nitrogens is 4. The van der Waals surface area contributed by atoms with E-state index in [4.69, 9.17) is 0 Å². The molecule has 11 heteroatoms. The van der Waals surface area contributed by atoms with Crippen LogP contribution >= 0.6 is 15.9 Å². The maximum atomic E-state index is 13.1. The van der Waals surface area contributed by atoms with Gasteiger partial charge in [-0.05, 0) is 22.0 Å². The number of carbonyl (C=O) groups is 1. The van der Waals surface area contributed by atoms with Crippen molar-refractivity contribution in [1.82, 2.24) is 19.1 Å². The lowest BCUT2D eigenvalue weighted by Gasteiger charge is -2.12. The largest absolute Gasteiger partial charge is 0.417 e. The average molecular weight is 431 g/mol. The van der Waals surface area contributed by atoms with Gasteiger partial charge < -0.3 is 4.57 Å². The Balaban J connectivity index is 2.13. The number of H-pyrrole nitrogens is 1. The Hall–Kier alpha value is -2.69. The number of alkyl halides is 3. The summed E-state index contributed by atoms with van der Waals surface area (Å²) in [6.45, 7) is -0.564. The number of rotatable bonds is 3. The third kappa shape index (κ3) is 2.98. The van der Waals surface area contributed by atoms with Gasteiger partial charge in [0.15, 0.2) is 21.7 Å². The quantitative estimate of drug-likeness (QED) is 0.508. The first-order valence-corrected chi connectivity index (χ1v) is 7.95. The van der Waals surface area contributed by atoms with Gasteiger partial charge in [0.05, 0.1) is 12.1 Å². The van der Waals surface area contributed by atoms with Crippen LogP contribution in [-0.2, 0) is 19.8 Å². The summed E-state index contributed by atoms with van der Waals surface area (Å²) in [5, 5.41) is 0. The number of hydrogen-bond donors (Lipinski definition) is 1. The van der Waals surface area contributed by atoms with Crippen molar-refractivity contribution in [2.75, 3.05) is 0 Å². The van der Waals surface area contributed by atoms with E-state index in [1.807, 2.05) is 0 Å². The Kier molecular flexibility index (Phi) is 4.34. The molecule has 0 aliphatic rings. The van der Waals surface area contributed by atoms with E-state index in [-0.39, 0.29) is 15.9 Å². The van der Waals surface area contributed by atoms with E-state index >= 15 is 0 Å². The maximum absolute atomic E-state index is 13.1. The number of benzene rings is 1. The van der Waals surface area contributed by atoms with Crippen molar-refractivity contribution in [2.24, 2.45) is 7.05 Å². The van der Waals surface area contributed by atoms with E-state index < -0.39 is 40.9 Å². The molecule has 3 aromatic rings. The fraction of sp³-hybridized carbons (Fsp3) is 0.200. The molecule has 3 rings (SSSR count). The Labute approximate surface area is 151 Å². The monoisotopic (exact) mass is 430 g/mol. The number of imidazole rings is 1. The summed E-state index contributed by atoms with van der Waals surface area (Å²) in [7, 11) is 1.37. The predicted molar refractivity (Wildman–Crippen MR) is 89.1 cm³/mol. The van der Waals surface area contributed by atoms with Crippen molar-refractivity contribution in [2.45, 2.75) is 12.7 Å². The van der Waals surface area contributed by atoms with Crippen LogP contribution in [0.2, 0.25) is 0 Å². The van der Waals surface area contributed by atoms with E-state index in [1.54, 1.807) is 0 Å². The average Bonchev–Trinajstić information content (AvgIpc) is 2.89. The lowest BCUT2D eigenvalue weighted by Crippen LogP contribution is -2.29. The molecule has 0 aliphatic heterocycles. The van der Waals surface area contributed by atoms with Crippen LogP contribution in [0.15, 0.2) is 38.6 Å². The van der Waals surface area contributed by atoms with E-state index in [9.17, 15) is 27.6 Å². The van der Waals surface area contributed by atoms with Crippen LogP contribution in [0.1, 0.15) is 15.9 Å². The first-order valence-electron chi connectivity index (χ1n) is 7.15. The number of halogens is 4. The number of fused-ring (bicyclic) bond motifs is 1. The number of aryl methyl sites for hydroxylation is 1. The van der Waals surface area contributed by atoms with Crippen LogP contribution in [0.4, 0.5) is 13.2 Å². The smallest absolute Gasteiger partial charge is 0.305 e. The molecule has 2 aromatic heterocycles. The molecule has 0 bridgehead atoms. The van der Waals surface area contributed by atoms with Crippen LogP contribution in [0.25, 0.3) is 11.2 Å². The van der Waals surface area contributed by atoms with Crippen LogP contribution in [0.3, 0.4) is 0 Å². The second-order valence-corrected chi connectivity index (χ2v) is 6.13. The number of ketones is 1. The normalized spacial score (nSPS) is 11.9. The summed E-state index contributed by atoms with van der Waals surface area (Å²) in [5.41, 5.74) is -3.17. The molecule has 0 atom stereocenters. The highest BCUT2D eigenvalue weighted by Crippen LogP contribution is 2.32. The molecule has 0 fully saturated rings. The molecule has 136 valence electrons. The summed E-state index contributed by atoms with van der Waals surface area (Å²) < 4.78 is 41.5. The highest BCUT2D eigenvalue weighted by atomic mass is 79.9. The van der Waals surface area contributed by atoms with E-state index in [0.717, 1.165) is 21.3 Å². The molecule has 26 heavy (non-hydrogen) atoms. The van der Waals surface area contributed by atoms with Crippen molar-refractivity contribution in [3.63, 3.8) is 0 Å². The lowest BCUT2D eigenvalue weighted by atomic mass is 10.0. The SMILES string of the molecule is Cn1c(=O)[nH]c(=O)c2c1nc(Br)n2CC(=O)c1ccccc1C(F)(F)F. The maximum Gasteiger partial charge on any atom is 0.417 e. The van der Waals surface area contributed by atoms with Gasteiger partial charge in [0.1, 0.15) is 0 Å². The predicted octanol–water partition coefficient (Wildman–Crippen LogP) is 2.09. The first kappa shape index (κ1) is 18.1. The number of carbonyl (C=O) groups excluding carboxylic acids is 1. The van der Waals surface area contributed by atoms with Crippen molar-refractivity contribution < 1.29 is 18.0 Å².